The summed E-state index contributed by atoms with van der Waals surface area (Å²) in [5.74, 6) is -2.68. The quantitative estimate of drug-likeness (QED) is 0.235. The number of allylic oxidation sites excluding steroid dienone is 2. The molecule has 24 heavy (non-hydrogen) atoms. The molecule has 0 saturated heterocycles. The molecule has 0 bridgehead atoms. The average molecular weight is 364 g/mol. The van der Waals surface area contributed by atoms with Crippen LogP contribution in [-0.2, 0) is 19.1 Å². The molecule has 3 atom stereocenters. The first-order valence-corrected chi connectivity index (χ1v) is 9.09. The minimum atomic E-state index is -1.03. The number of carbonyl (C=O) groups is 3. The van der Waals surface area contributed by atoms with Gasteiger partial charge in [0, 0.05) is 17.2 Å². The molecule has 1 aliphatic carbocycles. The van der Waals surface area contributed by atoms with Crippen molar-refractivity contribution in [2.45, 2.75) is 51.7 Å². The number of carbonyl (C=O) groups excluding carboxylic acids is 3. The fraction of sp³-hybridized carbons (Fsp3) is 0.706. The van der Waals surface area contributed by atoms with Gasteiger partial charge in [0.05, 0.1) is 7.11 Å². The molecule has 0 aromatic heterocycles. The Labute approximate surface area is 170 Å². The molecule has 0 radical (unpaired) electrons. The summed E-state index contributed by atoms with van der Waals surface area (Å²) in [6, 6.07) is 0. The number of ketones is 2. The van der Waals surface area contributed by atoms with E-state index in [1.807, 2.05) is 13.8 Å². The molecule has 3 unspecified atom stereocenters. The zero-order chi connectivity index (χ0) is 17.6. The number of Topliss-reactive ketones (excluding diaryl/α,β-unsaturated/α-hetero) is 2. The number of hydrogen-bond donors (Lipinski definition) is 0. The van der Waals surface area contributed by atoms with Gasteiger partial charge in [0.25, 0.3) is 0 Å². The second kappa shape index (κ2) is 11.3. The van der Waals surface area contributed by atoms with Gasteiger partial charge in [-0.05, 0) is 30.9 Å². The zero-order valence-electron chi connectivity index (χ0n) is 15.2. The van der Waals surface area contributed by atoms with Gasteiger partial charge in [-0.2, -0.15) is 11.8 Å². The predicted octanol–water partition coefficient (Wildman–Crippen LogP) is -1.12. The van der Waals surface area contributed by atoms with Crippen molar-refractivity contribution in [2.75, 3.05) is 12.9 Å². The van der Waals surface area contributed by atoms with E-state index in [1.165, 1.54) is 7.11 Å². The van der Waals surface area contributed by atoms with E-state index in [0.29, 0.717) is 12.8 Å². The Morgan fingerprint density at radius 1 is 1.38 bits per heavy atom. The van der Waals surface area contributed by atoms with Crippen LogP contribution in [0.5, 0.6) is 0 Å². The van der Waals surface area contributed by atoms with Gasteiger partial charge in [-0.15, -0.1) is 5.76 Å². The third-order valence-electron chi connectivity index (χ3n) is 4.02. The molecular formula is C17H25NaO5S. The second-order valence-electron chi connectivity index (χ2n) is 5.80. The van der Waals surface area contributed by atoms with Crippen LogP contribution in [0.15, 0.2) is 11.3 Å². The maximum absolute atomic E-state index is 12.6. The first kappa shape index (κ1) is 23.7. The molecule has 130 valence electrons. The first-order chi connectivity index (χ1) is 10.9. The van der Waals surface area contributed by atoms with Crippen LogP contribution in [0.25, 0.3) is 0 Å². The minimum absolute atomic E-state index is 0. The number of hydrogen-bond acceptors (Lipinski definition) is 6. The summed E-state index contributed by atoms with van der Waals surface area (Å²) >= 11 is 1.72. The van der Waals surface area contributed by atoms with Crippen molar-refractivity contribution >= 4 is 29.3 Å². The number of esters is 1. The van der Waals surface area contributed by atoms with Gasteiger partial charge in [-0.3, -0.25) is 14.4 Å². The Morgan fingerprint density at radius 3 is 2.50 bits per heavy atom. The van der Waals surface area contributed by atoms with Crippen molar-refractivity contribution in [1.29, 1.82) is 0 Å². The molecule has 0 aromatic rings. The summed E-state index contributed by atoms with van der Waals surface area (Å²) in [6.45, 7) is 5.85. The van der Waals surface area contributed by atoms with Crippen molar-refractivity contribution in [3.05, 3.63) is 11.3 Å². The van der Waals surface area contributed by atoms with Crippen molar-refractivity contribution in [2.24, 2.45) is 11.8 Å². The molecule has 0 fully saturated rings. The Balaban J connectivity index is 0.00000529. The molecule has 7 heteroatoms. The predicted molar refractivity (Wildman–Crippen MR) is 87.8 cm³/mol. The Kier molecular flexibility index (Phi) is 11.2. The molecule has 0 aliphatic heterocycles. The Bertz CT molecular complexity index is 503. The summed E-state index contributed by atoms with van der Waals surface area (Å²) in [4.78, 5) is 36.8. The minimum Gasteiger partial charge on any atom is -0.875 e. The van der Waals surface area contributed by atoms with Crippen molar-refractivity contribution in [1.82, 2.24) is 0 Å². The smallest absolute Gasteiger partial charge is 0.875 e. The molecule has 0 aromatic carbocycles. The molecule has 0 spiro atoms. The van der Waals surface area contributed by atoms with E-state index in [-0.39, 0.29) is 53.2 Å². The fourth-order valence-corrected chi connectivity index (χ4v) is 3.99. The van der Waals surface area contributed by atoms with Crippen molar-refractivity contribution < 1.29 is 53.8 Å². The van der Waals surface area contributed by atoms with Gasteiger partial charge >= 0.3 is 35.5 Å². The summed E-state index contributed by atoms with van der Waals surface area (Å²) in [5.41, 5.74) is -0.311. The van der Waals surface area contributed by atoms with E-state index in [4.69, 9.17) is 4.74 Å². The normalized spacial score (nSPS) is 21.9. The molecule has 1 aliphatic rings. The Hall–Kier alpha value is -0.300. The molecule has 0 N–H and O–H groups in total. The van der Waals surface area contributed by atoms with E-state index >= 15 is 0 Å². The third-order valence-corrected chi connectivity index (χ3v) is 5.12. The van der Waals surface area contributed by atoms with E-state index < -0.39 is 35.1 Å². The molecule has 1 rings (SSSR count). The summed E-state index contributed by atoms with van der Waals surface area (Å²) in [5, 5.41) is 12.5. The van der Waals surface area contributed by atoms with E-state index in [0.717, 1.165) is 5.75 Å². The number of thioether (sulfide) groups is 1. The van der Waals surface area contributed by atoms with Crippen LogP contribution in [0.1, 0.15) is 46.5 Å². The molecular weight excluding hydrogens is 339 g/mol. The molecule has 0 saturated carbocycles. The summed E-state index contributed by atoms with van der Waals surface area (Å²) in [6.07, 6.45) is 1.34. The van der Waals surface area contributed by atoms with Gasteiger partial charge in [-0.25, -0.2) is 0 Å². The van der Waals surface area contributed by atoms with Crippen LogP contribution >= 0.6 is 11.8 Å². The maximum atomic E-state index is 12.6. The Morgan fingerprint density at radius 2 is 2.00 bits per heavy atom. The van der Waals surface area contributed by atoms with Crippen LogP contribution in [-0.4, -0.2) is 35.6 Å². The van der Waals surface area contributed by atoms with Gasteiger partial charge in [-0.1, -0.05) is 20.8 Å². The van der Waals surface area contributed by atoms with Gasteiger partial charge in [0.15, 0.2) is 11.6 Å². The summed E-state index contributed by atoms with van der Waals surface area (Å²) in [7, 11) is 1.22. The SMILES string of the molecule is CCCC(=O)C1=C([O-])CC(CC(C)SCC)C(C(=O)OC)C1=O.[Na+]. The average Bonchev–Trinajstić information content (AvgIpc) is 2.46. The van der Waals surface area contributed by atoms with Gasteiger partial charge in [0.2, 0.25) is 0 Å². The zero-order valence-corrected chi connectivity index (χ0v) is 18.0. The molecule has 0 amide bonds. The standard InChI is InChI=1S/C17H26O5S.Na/c1-5-7-12(18)15-13(19)9-11(8-10(3)23-6-2)14(16(15)20)17(21)22-4;/h10-11,14,19H,5-9H2,1-4H3;/q;+1/p-1. The molecule has 5 nitrogen and oxygen atoms in total. The maximum Gasteiger partial charge on any atom is 1.00 e. The summed E-state index contributed by atoms with van der Waals surface area (Å²) < 4.78 is 4.75. The van der Waals surface area contributed by atoms with Crippen LogP contribution in [0.4, 0.5) is 0 Å². The largest absolute Gasteiger partial charge is 1.00 e. The van der Waals surface area contributed by atoms with Crippen LogP contribution in [0, 0.1) is 11.8 Å². The van der Waals surface area contributed by atoms with Crippen LogP contribution in [0.3, 0.4) is 0 Å². The number of ether oxygens (including phenoxy) is 1. The van der Waals surface area contributed by atoms with E-state index in [1.54, 1.807) is 18.7 Å². The van der Waals surface area contributed by atoms with Crippen molar-refractivity contribution in [3.8, 4) is 0 Å². The van der Waals surface area contributed by atoms with Crippen molar-refractivity contribution in [3.63, 3.8) is 0 Å². The first-order valence-electron chi connectivity index (χ1n) is 8.04. The van der Waals surface area contributed by atoms with Crippen LogP contribution < -0.4 is 34.7 Å². The number of methoxy groups -OCH3 is 1. The topological polar surface area (TPSA) is 83.5 Å². The van der Waals surface area contributed by atoms with Crippen LogP contribution in [0.2, 0.25) is 0 Å². The monoisotopic (exact) mass is 364 g/mol. The van der Waals surface area contributed by atoms with E-state index in [9.17, 15) is 19.5 Å². The fourth-order valence-electron chi connectivity index (χ4n) is 3.03. The second-order valence-corrected chi connectivity index (χ2v) is 7.52. The third kappa shape index (κ3) is 5.90. The van der Waals surface area contributed by atoms with E-state index in [2.05, 4.69) is 0 Å². The van der Waals surface area contributed by atoms with Gasteiger partial charge in [0.1, 0.15) is 5.92 Å². The molecule has 0 heterocycles. The van der Waals surface area contributed by atoms with Gasteiger partial charge < -0.3 is 9.84 Å². The number of rotatable bonds is 8.